The number of aromatic nitrogens is 2. The normalized spacial score (nSPS) is 15.6. The summed E-state index contributed by atoms with van der Waals surface area (Å²) in [7, 11) is 0. The summed E-state index contributed by atoms with van der Waals surface area (Å²) < 4.78 is 0. The fraction of sp³-hybridized carbons (Fsp3) is 0.500. The van der Waals surface area contributed by atoms with Crippen molar-refractivity contribution in [2.24, 2.45) is 0 Å². The van der Waals surface area contributed by atoms with Crippen molar-refractivity contribution in [1.82, 2.24) is 14.9 Å². The van der Waals surface area contributed by atoms with Crippen LogP contribution in [0.4, 0.5) is 11.8 Å². The van der Waals surface area contributed by atoms with Gasteiger partial charge in [0.05, 0.1) is 0 Å². The topological polar surface area (TPSA) is 35.5 Å². The first-order chi connectivity index (χ1) is 12.2. The quantitative estimate of drug-likeness (QED) is 0.808. The lowest BCUT2D eigenvalue weighted by atomic mass is 10.2. The standard InChI is InChI=1S/C20H29N5/c1-4-23-12-14-24(15-13-23)19-10-11-21-20(22-19)25(17(2)3)16-18-8-6-5-7-9-18/h5-11,17H,4,12-16H2,1-3H3. The van der Waals surface area contributed by atoms with Gasteiger partial charge in [0.1, 0.15) is 5.82 Å². The number of rotatable bonds is 6. The minimum Gasteiger partial charge on any atom is -0.354 e. The van der Waals surface area contributed by atoms with Crippen molar-refractivity contribution in [3.63, 3.8) is 0 Å². The summed E-state index contributed by atoms with van der Waals surface area (Å²) in [6.45, 7) is 12.8. The molecule has 0 atom stereocenters. The van der Waals surface area contributed by atoms with Gasteiger partial charge in [0, 0.05) is 45.0 Å². The number of nitrogens with zero attached hydrogens (tertiary/aromatic N) is 5. The van der Waals surface area contributed by atoms with E-state index in [0.717, 1.165) is 51.0 Å². The van der Waals surface area contributed by atoms with Crippen LogP contribution in [0, 0.1) is 0 Å². The Morgan fingerprint density at radius 1 is 1.04 bits per heavy atom. The molecule has 1 aliphatic rings. The molecule has 0 unspecified atom stereocenters. The second-order valence-electron chi connectivity index (χ2n) is 6.84. The average molecular weight is 339 g/mol. The molecule has 5 heteroatoms. The molecule has 0 N–H and O–H groups in total. The molecule has 0 bridgehead atoms. The van der Waals surface area contributed by atoms with Crippen LogP contribution in [0.2, 0.25) is 0 Å². The Morgan fingerprint density at radius 3 is 2.40 bits per heavy atom. The second-order valence-corrected chi connectivity index (χ2v) is 6.84. The van der Waals surface area contributed by atoms with Gasteiger partial charge in [-0.3, -0.25) is 0 Å². The van der Waals surface area contributed by atoms with E-state index in [9.17, 15) is 0 Å². The Morgan fingerprint density at radius 2 is 1.76 bits per heavy atom. The zero-order valence-electron chi connectivity index (χ0n) is 15.6. The average Bonchev–Trinajstić information content (AvgIpc) is 2.67. The van der Waals surface area contributed by atoms with Gasteiger partial charge < -0.3 is 14.7 Å². The first kappa shape index (κ1) is 17.7. The van der Waals surface area contributed by atoms with Crippen LogP contribution >= 0.6 is 0 Å². The van der Waals surface area contributed by atoms with Gasteiger partial charge in [-0.05, 0) is 32.0 Å². The van der Waals surface area contributed by atoms with E-state index in [1.165, 1.54) is 5.56 Å². The number of benzene rings is 1. The molecule has 0 spiro atoms. The third-order valence-corrected chi connectivity index (χ3v) is 4.85. The third-order valence-electron chi connectivity index (χ3n) is 4.85. The Bertz CT molecular complexity index is 650. The van der Waals surface area contributed by atoms with Gasteiger partial charge in [-0.2, -0.15) is 4.98 Å². The summed E-state index contributed by atoms with van der Waals surface area (Å²) in [4.78, 5) is 16.6. The largest absolute Gasteiger partial charge is 0.354 e. The molecule has 2 heterocycles. The molecule has 0 saturated carbocycles. The summed E-state index contributed by atoms with van der Waals surface area (Å²) in [6, 6.07) is 12.9. The highest BCUT2D eigenvalue weighted by atomic mass is 15.3. The molecule has 1 fully saturated rings. The van der Waals surface area contributed by atoms with Crippen LogP contribution in [0.15, 0.2) is 42.6 Å². The molecule has 2 aromatic rings. The molecular formula is C20H29N5. The first-order valence-electron chi connectivity index (χ1n) is 9.28. The number of anilines is 2. The molecule has 0 radical (unpaired) electrons. The molecule has 3 rings (SSSR count). The van der Waals surface area contributed by atoms with Crippen molar-refractivity contribution in [2.45, 2.75) is 33.4 Å². The van der Waals surface area contributed by atoms with Crippen LogP contribution in [0.25, 0.3) is 0 Å². The van der Waals surface area contributed by atoms with E-state index in [4.69, 9.17) is 4.98 Å². The van der Waals surface area contributed by atoms with E-state index in [0.29, 0.717) is 6.04 Å². The smallest absolute Gasteiger partial charge is 0.227 e. The van der Waals surface area contributed by atoms with Gasteiger partial charge in [-0.1, -0.05) is 37.3 Å². The van der Waals surface area contributed by atoms with Gasteiger partial charge in [0.2, 0.25) is 5.95 Å². The molecule has 1 aliphatic heterocycles. The summed E-state index contributed by atoms with van der Waals surface area (Å²) in [5, 5.41) is 0. The summed E-state index contributed by atoms with van der Waals surface area (Å²) >= 11 is 0. The van der Waals surface area contributed by atoms with Gasteiger partial charge >= 0.3 is 0 Å². The van der Waals surface area contributed by atoms with Gasteiger partial charge in [0.15, 0.2) is 0 Å². The fourth-order valence-corrected chi connectivity index (χ4v) is 3.21. The molecule has 134 valence electrons. The zero-order chi connectivity index (χ0) is 17.6. The minimum absolute atomic E-state index is 0.340. The summed E-state index contributed by atoms with van der Waals surface area (Å²) in [5.74, 6) is 1.86. The van der Waals surface area contributed by atoms with Crippen molar-refractivity contribution >= 4 is 11.8 Å². The van der Waals surface area contributed by atoms with Crippen LogP contribution in [-0.4, -0.2) is 53.6 Å². The molecular weight excluding hydrogens is 310 g/mol. The summed E-state index contributed by atoms with van der Waals surface area (Å²) in [6.07, 6.45) is 1.89. The minimum atomic E-state index is 0.340. The number of likely N-dealkylation sites (N-methyl/N-ethyl adjacent to an activating group) is 1. The SMILES string of the molecule is CCN1CCN(c2ccnc(N(Cc3ccccc3)C(C)C)n2)CC1. The predicted octanol–water partition coefficient (Wildman–Crippen LogP) is 3.03. The molecule has 1 aromatic heterocycles. The predicted molar refractivity (Wildman–Crippen MR) is 104 cm³/mol. The number of hydrogen-bond acceptors (Lipinski definition) is 5. The Balaban J connectivity index is 1.76. The number of hydrogen-bond donors (Lipinski definition) is 0. The Labute approximate surface area is 151 Å². The van der Waals surface area contributed by atoms with Crippen LogP contribution in [0.1, 0.15) is 26.3 Å². The van der Waals surface area contributed by atoms with Crippen molar-refractivity contribution in [2.75, 3.05) is 42.5 Å². The first-order valence-corrected chi connectivity index (χ1v) is 9.28. The van der Waals surface area contributed by atoms with Gasteiger partial charge in [-0.15, -0.1) is 0 Å². The van der Waals surface area contributed by atoms with E-state index < -0.39 is 0 Å². The van der Waals surface area contributed by atoms with Crippen molar-refractivity contribution < 1.29 is 0 Å². The fourth-order valence-electron chi connectivity index (χ4n) is 3.21. The van der Waals surface area contributed by atoms with Crippen LogP contribution in [-0.2, 0) is 6.54 Å². The molecule has 0 aliphatic carbocycles. The van der Waals surface area contributed by atoms with E-state index in [2.05, 4.69) is 70.8 Å². The maximum Gasteiger partial charge on any atom is 0.227 e. The second kappa shape index (κ2) is 8.30. The monoisotopic (exact) mass is 339 g/mol. The summed E-state index contributed by atoms with van der Waals surface area (Å²) in [5.41, 5.74) is 1.28. The van der Waals surface area contributed by atoms with Crippen LogP contribution in [0.5, 0.6) is 0 Å². The molecule has 5 nitrogen and oxygen atoms in total. The van der Waals surface area contributed by atoms with Gasteiger partial charge in [0.25, 0.3) is 0 Å². The lowest BCUT2D eigenvalue weighted by Gasteiger charge is -2.35. The van der Waals surface area contributed by atoms with Crippen LogP contribution < -0.4 is 9.80 Å². The highest BCUT2D eigenvalue weighted by Crippen LogP contribution is 2.20. The van der Waals surface area contributed by atoms with Crippen LogP contribution in [0.3, 0.4) is 0 Å². The molecule has 1 saturated heterocycles. The molecule has 25 heavy (non-hydrogen) atoms. The van der Waals surface area contributed by atoms with E-state index in [1.807, 2.05) is 12.3 Å². The van der Waals surface area contributed by atoms with Gasteiger partial charge in [-0.25, -0.2) is 4.98 Å². The van der Waals surface area contributed by atoms with E-state index in [1.54, 1.807) is 0 Å². The maximum atomic E-state index is 4.89. The van der Waals surface area contributed by atoms with Crippen molar-refractivity contribution in [1.29, 1.82) is 0 Å². The Hall–Kier alpha value is -2.14. The molecule has 0 amide bonds. The zero-order valence-corrected chi connectivity index (χ0v) is 15.6. The van der Waals surface area contributed by atoms with E-state index in [-0.39, 0.29) is 0 Å². The Kier molecular flexibility index (Phi) is 5.87. The highest BCUT2D eigenvalue weighted by molar-refractivity contribution is 5.45. The number of piperazine rings is 1. The molecule has 1 aromatic carbocycles. The highest BCUT2D eigenvalue weighted by Gasteiger charge is 2.19. The maximum absolute atomic E-state index is 4.89. The lowest BCUT2D eigenvalue weighted by molar-refractivity contribution is 0.270. The third kappa shape index (κ3) is 4.48. The lowest BCUT2D eigenvalue weighted by Crippen LogP contribution is -2.46. The van der Waals surface area contributed by atoms with E-state index >= 15 is 0 Å². The van der Waals surface area contributed by atoms with Crippen molar-refractivity contribution in [3.05, 3.63) is 48.2 Å². The van der Waals surface area contributed by atoms with Crippen molar-refractivity contribution in [3.8, 4) is 0 Å².